The van der Waals surface area contributed by atoms with Crippen LogP contribution in [0.3, 0.4) is 0 Å². The van der Waals surface area contributed by atoms with Gasteiger partial charge in [-0.25, -0.2) is 5.43 Å². The van der Waals surface area contributed by atoms with E-state index in [1.165, 1.54) is 6.08 Å². The Bertz CT molecular complexity index is 1090. The highest BCUT2D eigenvalue weighted by Crippen LogP contribution is 2.21. The van der Waals surface area contributed by atoms with Crippen molar-refractivity contribution >= 4 is 40.4 Å². The van der Waals surface area contributed by atoms with Gasteiger partial charge in [0, 0.05) is 41.6 Å². The number of fused-ring (bicyclic) bond motifs is 1. The Morgan fingerprint density at radius 1 is 1.06 bits per heavy atom. The molecule has 3 rings (SSSR count). The fourth-order valence-corrected chi connectivity index (χ4v) is 3.53. The van der Waals surface area contributed by atoms with Crippen LogP contribution in [0.15, 0.2) is 54.6 Å². The van der Waals surface area contributed by atoms with Crippen molar-refractivity contribution < 1.29 is 9.59 Å². The molecule has 0 saturated heterocycles. The maximum absolute atomic E-state index is 13.1. The Labute approximate surface area is 193 Å². The van der Waals surface area contributed by atoms with Crippen LogP contribution in [-0.4, -0.2) is 34.8 Å². The fourth-order valence-electron chi connectivity index (χ4n) is 3.35. The van der Waals surface area contributed by atoms with E-state index in [4.69, 9.17) is 11.6 Å². The first-order valence-electron chi connectivity index (χ1n) is 10.9. The van der Waals surface area contributed by atoms with Crippen molar-refractivity contribution in [2.75, 3.05) is 13.1 Å². The number of carbonyl (C=O) groups excluding carboxylic acids is 2. The number of rotatable bonds is 10. The lowest BCUT2D eigenvalue weighted by Gasteiger charge is -2.21. The highest BCUT2D eigenvalue weighted by molar-refractivity contribution is 6.31. The lowest BCUT2D eigenvalue weighted by atomic mass is 10.1. The average molecular weight is 453 g/mol. The van der Waals surface area contributed by atoms with E-state index < -0.39 is 0 Å². The molecular weight excluding hydrogens is 424 g/mol. The molecule has 32 heavy (non-hydrogen) atoms. The predicted molar refractivity (Wildman–Crippen MR) is 130 cm³/mol. The van der Waals surface area contributed by atoms with Crippen molar-refractivity contribution in [3.05, 3.63) is 76.5 Å². The van der Waals surface area contributed by atoms with Gasteiger partial charge in [0.2, 0.25) is 0 Å². The molecule has 0 bridgehead atoms. The lowest BCUT2D eigenvalue weighted by Crippen LogP contribution is -2.36. The van der Waals surface area contributed by atoms with Crippen LogP contribution >= 0.6 is 11.6 Å². The van der Waals surface area contributed by atoms with E-state index in [1.807, 2.05) is 54.3 Å². The van der Waals surface area contributed by atoms with Gasteiger partial charge in [0.1, 0.15) is 5.69 Å². The molecule has 1 aromatic heterocycles. The van der Waals surface area contributed by atoms with Gasteiger partial charge in [-0.1, -0.05) is 49.7 Å². The normalized spacial score (nSPS) is 11.2. The first-order valence-corrected chi connectivity index (χ1v) is 11.3. The van der Waals surface area contributed by atoms with Gasteiger partial charge in [-0.05, 0) is 54.3 Å². The van der Waals surface area contributed by atoms with Crippen LogP contribution in [0.1, 0.15) is 48.3 Å². The smallest absolute Gasteiger partial charge is 0.270 e. The second-order valence-electron chi connectivity index (χ2n) is 7.63. The maximum Gasteiger partial charge on any atom is 0.270 e. The van der Waals surface area contributed by atoms with Crippen molar-refractivity contribution in [3.8, 4) is 0 Å². The first kappa shape index (κ1) is 23.6. The van der Waals surface area contributed by atoms with Crippen molar-refractivity contribution in [1.29, 1.82) is 0 Å². The topological polar surface area (TPSA) is 77.2 Å². The zero-order chi connectivity index (χ0) is 22.9. The second-order valence-corrected chi connectivity index (χ2v) is 8.07. The highest BCUT2D eigenvalue weighted by Gasteiger charge is 2.18. The zero-order valence-corrected chi connectivity index (χ0v) is 19.2. The summed E-state index contributed by atoms with van der Waals surface area (Å²) in [6.07, 6.45) is 5.06. The molecule has 7 heteroatoms. The molecule has 3 N–H and O–H groups in total. The van der Waals surface area contributed by atoms with E-state index >= 15 is 0 Å². The largest absolute Gasteiger partial charge is 0.351 e. The van der Waals surface area contributed by atoms with Crippen molar-refractivity contribution in [3.63, 3.8) is 0 Å². The third-order valence-electron chi connectivity index (χ3n) is 4.96. The number of nitrogens with zero attached hydrogens (tertiary/aromatic N) is 1. The molecule has 0 unspecified atom stereocenters. The number of halogens is 1. The number of hydrogen-bond acceptors (Lipinski definition) is 3. The van der Waals surface area contributed by atoms with Crippen LogP contribution in [0.4, 0.5) is 0 Å². The van der Waals surface area contributed by atoms with Gasteiger partial charge >= 0.3 is 0 Å². The van der Waals surface area contributed by atoms with Crippen molar-refractivity contribution in [2.45, 2.75) is 33.2 Å². The van der Waals surface area contributed by atoms with Gasteiger partial charge < -0.3 is 9.88 Å². The summed E-state index contributed by atoms with van der Waals surface area (Å²) in [5.41, 5.74) is 8.85. The van der Waals surface area contributed by atoms with Crippen LogP contribution < -0.4 is 10.9 Å². The van der Waals surface area contributed by atoms with E-state index in [1.54, 1.807) is 12.1 Å². The minimum absolute atomic E-state index is 0.0422. The SMILES string of the molecule is CCCNNC(=O)/C=C/c1ccc(CN(CCC)C(=O)c2cc3cc(Cl)ccc3[nH]2)cc1. The summed E-state index contributed by atoms with van der Waals surface area (Å²) in [5.74, 6) is -0.235. The van der Waals surface area contributed by atoms with Gasteiger partial charge in [-0.2, -0.15) is 0 Å². The number of aromatic amines is 1. The Kier molecular flexibility index (Phi) is 8.48. The number of hydrogen-bond donors (Lipinski definition) is 3. The predicted octanol–water partition coefficient (Wildman–Crippen LogP) is 4.92. The van der Waals surface area contributed by atoms with E-state index in [9.17, 15) is 9.59 Å². The van der Waals surface area contributed by atoms with Crippen LogP contribution in [0.25, 0.3) is 17.0 Å². The third kappa shape index (κ3) is 6.45. The molecule has 0 radical (unpaired) electrons. The summed E-state index contributed by atoms with van der Waals surface area (Å²) < 4.78 is 0. The molecule has 2 amide bonds. The molecule has 0 atom stereocenters. The quantitative estimate of drug-likeness (QED) is 0.232. The van der Waals surface area contributed by atoms with Crippen LogP contribution in [0.5, 0.6) is 0 Å². The Hall–Kier alpha value is -3.09. The number of carbonyl (C=O) groups is 2. The lowest BCUT2D eigenvalue weighted by molar-refractivity contribution is -0.117. The molecule has 0 fully saturated rings. The van der Waals surface area contributed by atoms with Crippen molar-refractivity contribution in [1.82, 2.24) is 20.7 Å². The molecule has 6 nitrogen and oxygen atoms in total. The molecule has 168 valence electrons. The van der Waals surface area contributed by atoms with Crippen LogP contribution in [0, 0.1) is 0 Å². The van der Waals surface area contributed by atoms with Gasteiger partial charge in [0.15, 0.2) is 0 Å². The number of nitrogens with one attached hydrogen (secondary N) is 3. The number of amides is 2. The third-order valence-corrected chi connectivity index (χ3v) is 5.20. The number of H-pyrrole nitrogens is 1. The van der Waals surface area contributed by atoms with E-state index in [0.717, 1.165) is 41.4 Å². The van der Waals surface area contributed by atoms with E-state index in [2.05, 4.69) is 22.8 Å². The molecule has 0 aliphatic rings. The minimum Gasteiger partial charge on any atom is -0.351 e. The standard InChI is InChI=1S/C25H29ClN4O2/c1-3-13-27-29-24(31)12-9-18-5-7-19(8-6-18)17-30(14-4-2)25(32)23-16-20-15-21(26)10-11-22(20)28-23/h5-12,15-16,27-28H,3-4,13-14,17H2,1-2H3,(H,29,31)/b12-9+. The number of hydrazine groups is 1. The number of benzene rings is 2. The molecule has 0 aliphatic heterocycles. The number of aromatic nitrogens is 1. The minimum atomic E-state index is -0.193. The summed E-state index contributed by atoms with van der Waals surface area (Å²) in [6.45, 7) is 5.98. The van der Waals surface area contributed by atoms with E-state index in [-0.39, 0.29) is 11.8 Å². The van der Waals surface area contributed by atoms with Gasteiger partial charge in [0.05, 0.1) is 0 Å². The summed E-state index contributed by atoms with van der Waals surface area (Å²) in [6, 6.07) is 15.2. The Morgan fingerprint density at radius 3 is 2.56 bits per heavy atom. The van der Waals surface area contributed by atoms with Gasteiger partial charge in [0.25, 0.3) is 11.8 Å². The fraction of sp³-hybridized carbons (Fsp3) is 0.280. The van der Waals surface area contributed by atoms with E-state index in [0.29, 0.717) is 23.8 Å². The highest BCUT2D eigenvalue weighted by atomic mass is 35.5. The molecule has 3 aromatic rings. The Morgan fingerprint density at radius 2 is 1.84 bits per heavy atom. The van der Waals surface area contributed by atoms with Gasteiger partial charge in [-0.15, -0.1) is 0 Å². The van der Waals surface area contributed by atoms with Crippen LogP contribution in [-0.2, 0) is 11.3 Å². The molecule has 1 heterocycles. The summed E-state index contributed by atoms with van der Waals surface area (Å²) in [7, 11) is 0. The summed E-state index contributed by atoms with van der Waals surface area (Å²) >= 11 is 6.07. The molecular formula is C25H29ClN4O2. The second kappa shape index (κ2) is 11.5. The molecule has 2 aromatic carbocycles. The van der Waals surface area contributed by atoms with Crippen LogP contribution in [0.2, 0.25) is 5.02 Å². The van der Waals surface area contributed by atoms with Gasteiger partial charge in [-0.3, -0.25) is 15.0 Å². The Balaban J connectivity index is 1.66. The molecule has 0 aliphatic carbocycles. The molecule has 0 saturated carbocycles. The first-order chi connectivity index (χ1) is 15.5. The monoisotopic (exact) mass is 452 g/mol. The maximum atomic E-state index is 13.1. The summed E-state index contributed by atoms with van der Waals surface area (Å²) in [4.78, 5) is 29.9. The van der Waals surface area contributed by atoms with Crippen molar-refractivity contribution in [2.24, 2.45) is 0 Å². The summed E-state index contributed by atoms with van der Waals surface area (Å²) in [5, 5.41) is 1.56. The molecule has 0 spiro atoms. The zero-order valence-electron chi connectivity index (χ0n) is 18.5. The average Bonchev–Trinajstić information content (AvgIpc) is 3.21.